The molecule has 0 saturated heterocycles. The minimum absolute atomic E-state index is 0.0292. The summed E-state index contributed by atoms with van der Waals surface area (Å²) >= 11 is 0. The molecule has 0 aliphatic carbocycles. The molecule has 0 saturated carbocycles. The number of fused-ring (bicyclic) bond motifs is 3. The van der Waals surface area contributed by atoms with E-state index in [4.69, 9.17) is 0 Å². The van der Waals surface area contributed by atoms with Crippen LogP contribution >= 0.6 is 0 Å². The molecule has 0 aliphatic heterocycles. The van der Waals surface area contributed by atoms with Gasteiger partial charge in [-0.2, -0.15) is 0 Å². The van der Waals surface area contributed by atoms with Crippen LogP contribution in [0.4, 0.5) is 0 Å². The maximum Gasteiger partial charge on any atom is 0.171 e. The average molecular weight is 380 g/mol. The molecule has 0 bridgehead atoms. The molecule has 0 amide bonds. The van der Waals surface area contributed by atoms with Crippen molar-refractivity contribution in [3.63, 3.8) is 0 Å². The van der Waals surface area contributed by atoms with Crippen molar-refractivity contribution in [2.45, 2.75) is 32.6 Å². The number of carbonyl (C=O) groups is 2. The van der Waals surface area contributed by atoms with E-state index in [1.165, 1.54) is 5.56 Å². The quantitative estimate of drug-likeness (QED) is 0.223. The molecular weight excluding hydrogens is 356 g/mol. The summed E-state index contributed by atoms with van der Waals surface area (Å²) in [5.74, 6) is -0.287. The molecule has 4 aromatic rings. The number of ketones is 2. The number of Topliss-reactive ketones (excluding diaryl/α,β-unsaturated/α-hetero) is 2. The van der Waals surface area contributed by atoms with E-state index >= 15 is 0 Å². The second-order valence-corrected chi connectivity index (χ2v) is 8.54. The van der Waals surface area contributed by atoms with Crippen LogP contribution in [0.3, 0.4) is 0 Å². The van der Waals surface area contributed by atoms with E-state index in [1.54, 1.807) is 0 Å². The van der Waals surface area contributed by atoms with Crippen molar-refractivity contribution in [2.24, 2.45) is 0 Å². The van der Waals surface area contributed by atoms with Crippen LogP contribution in [0, 0.1) is 0 Å². The van der Waals surface area contributed by atoms with Gasteiger partial charge in [-0.1, -0.05) is 93.6 Å². The van der Waals surface area contributed by atoms with Crippen molar-refractivity contribution < 1.29 is 9.59 Å². The topological polar surface area (TPSA) is 34.1 Å². The first-order chi connectivity index (χ1) is 13.8. The maximum absolute atomic E-state index is 13.1. The Labute approximate surface area is 171 Å². The van der Waals surface area contributed by atoms with Crippen LogP contribution in [-0.2, 0) is 5.41 Å². The van der Waals surface area contributed by atoms with Gasteiger partial charge < -0.3 is 0 Å². The van der Waals surface area contributed by atoms with Gasteiger partial charge in [-0.3, -0.25) is 9.59 Å². The molecule has 4 aromatic carbocycles. The third kappa shape index (κ3) is 3.71. The van der Waals surface area contributed by atoms with Gasteiger partial charge in [-0.25, -0.2) is 0 Å². The molecule has 2 nitrogen and oxygen atoms in total. The van der Waals surface area contributed by atoms with E-state index in [-0.39, 0.29) is 23.4 Å². The Morgan fingerprint density at radius 1 is 0.690 bits per heavy atom. The average Bonchev–Trinajstić information content (AvgIpc) is 2.72. The lowest BCUT2D eigenvalue weighted by Gasteiger charge is -2.19. The van der Waals surface area contributed by atoms with Crippen LogP contribution in [0.25, 0.3) is 21.5 Å². The molecule has 0 N–H and O–H groups in total. The fraction of sp³-hybridized carbons (Fsp3) is 0.185. The van der Waals surface area contributed by atoms with E-state index in [1.807, 2.05) is 72.8 Å². The van der Waals surface area contributed by atoms with Gasteiger partial charge in [0.15, 0.2) is 11.6 Å². The summed E-state index contributed by atoms with van der Waals surface area (Å²) in [6.07, 6.45) is -0.128. The molecule has 0 aromatic heterocycles. The largest absolute Gasteiger partial charge is 0.294 e. The fourth-order valence-corrected chi connectivity index (χ4v) is 3.78. The van der Waals surface area contributed by atoms with E-state index in [2.05, 4.69) is 26.8 Å². The van der Waals surface area contributed by atoms with Crippen LogP contribution in [0.2, 0.25) is 0 Å². The first-order valence-corrected chi connectivity index (χ1v) is 9.92. The number of carbonyl (C=O) groups excluding carboxylic acids is 2. The predicted octanol–water partition coefficient (Wildman–Crippen LogP) is 6.75. The zero-order valence-electron chi connectivity index (χ0n) is 17.0. The van der Waals surface area contributed by atoms with Gasteiger partial charge in [0.25, 0.3) is 0 Å². The van der Waals surface area contributed by atoms with E-state index in [0.717, 1.165) is 21.5 Å². The molecule has 2 heteroatoms. The smallest absolute Gasteiger partial charge is 0.171 e. The third-order valence-electron chi connectivity index (χ3n) is 5.46. The molecule has 0 spiro atoms. The van der Waals surface area contributed by atoms with Crippen molar-refractivity contribution in [3.8, 4) is 0 Å². The Bertz CT molecular complexity index is 1230. The maximum atomic E-state index is 13.1. The van der Waals surface area contributed by atoms with Gasteiger partial charge in [0, 0.05) is 11.1 Å². The predicted molar refractivity (Wildman–Crippen MR) is 120 cm³/mol. The highest BCUT2D eigenvalue weighted by Gasteiger charge is 2.19. The second-order valence-electron chi connectivity index (χ2n) is 8.54. The third-order valence-corrected chi connectivity index (χ3v) is 5.46. The molecule has 0 aliphatic rings. The molecule has 0 radical (unpaired) electrons. The normalized spacial score (nSPS) is 11.7. The Kier molecular flexibility index (Phi) is 4.79. The molecule has 29 heavy (non-hydrogen) atoms. The van der Waals surface area contributed by atoms with E-state index in [9.17, 15) is 9.59 Å². The Hall–Kier alpha value is -3.26. The van der Waals surface area contributed by atoms with Crippen molar-refractivity contribution in [3.05, 3.63) is 95.6 Å². The lowest BCUT2D eigenvalue weighted by Crippen LogP contribution is -2.12. The van der Waals surface area contributed by atoms with E-state index < -0.39 is 0 Å². The number of rotatable bonds is 4. The second kappa shape index (κ2) is 7.29. The van der Waals surface area contributed by atoms with Crippen molar-refractivity contribution in [1.82, 2.24) is 0 Å². The summed E-state index contributed by atoms with van der Waals surface area (Å²) in [5.41, 5.74) is 2.39. The minimum atomic E-state index is -0.146. The van der Waals surface area contributed by atoms with Crippen LogP contribution in [-0.4, -0.2) is 11.6 Å². The van der Waals surface area contributed by atoms with Crippen LogP contribution in [0.5, 0.6) is 0 Å². The Morgan fingerprint density at radius 3 is 1.93 bits per heavy atom. The number of hydrogen-bond acceptors (Lipinski definition) is 2. The van der Waals surface area contributed by atoms with Crippen molar-refractivity contribution >= 4 is 33.1 Å². The standard InChI is InChI=1S/C27H24O2/c1-27(2,3)20-14-12-18(13-15-20)25(28)17-26(29)24-16-19-8-4-5-9-21(19)22-10-6-7-11-23(22)24/h4-16H,17H2,1-3H3. The van der Waals surface area contributed by atoms with Gasteiger partial charge in [0.1, 0.15) is 0 Å². The SMILES string of the molecule is CC(C)(C)c1ccc(C(=O)CC(=O)c2cc3ccccc3c3ccccc23)cc1. The van der Waals surface area contributed by atoms with Gasteiger partial charge >= 0.3 is 0 Å². The van der Waals surface area contributed by atoms with E-state index in [0.29, 0.717) is 11.1 Å². The molecular formula is C27H24O2. The van der Waals surface area contributed by atoms with Crippen molar-refractivity contribution in [1.29, 1.82) is 0 Å². The first-order valence-electron chi connectivity index (χ1n) is 9.92. The highest BCUT2D eigenvalue weighted by Crippen LogP contribution is 2.30. The highest BCUT2D eigenvalue weighted by atomic mass is 16.1. The van der Waals surface area contributed by atoms with Gasteiger partial charge in [-0.15, -0.1) is 0 Å². The molecule has 0 atom stereocenters. The van der Waals surface area contributed by atoms with Crippen LogP contribution in [0.1, 0.15) is 53.5 Å². The van der Waals surface area contributed by atoms with Crippen LogP contribution in [0.15, 0.2) is 78.9 Å². The lowest BCUT2D eigenvalue weighted by atomic mass is 9.86. The Morgan fingerprint density at radius 2 is 1.28 bits per heavy atom. The summed E-state index contributed by atoms with van der Waals surface area (Å²) in [6, 6.07) is 25.4. The fourth-order valence-electron chi connectivity index (χ4n) is 3.78. The summed E-state index contributed by atoms with van der Waals surface area (Å²) in [7, 11) is 0. The molecule has 0 heterocycles. The summed E-state index contributed by atoms with van der Waals surface area (Å²) in [5, 5.41) is 4.06. The summed E-state index contributed by atoms with van der Waals surface area (Å²) < 4.78 is 0. The molecule has 144 valence electrons. The molecule has 4 rings (SSSR count). The van der Waals surface area contributed by atoms with Gasteiger partial charge in [0.2, 0.25) is 0 Å². The number of hydrogen-bond donors (Lipinski definition) is 0. The Balaban J connectivity index is 1.67. The number of benzene rings is 4. The van der Waals surface area contributed by atoms with Gasteiger partial charge in [-0.05, 0) is 38.6 Å². The lowest BCUT2D eigenvalue weighted by molar-refractivity contribution is 0.0895. The monoisotopic (exact) mass is 380 g/mol. The zero-order valence-corrected chi connectivity index (χ0v) is 17.0. The molecule has 0 unspecified atom stereocenters. The molecule has 0 fully saturated rings. The highest BCUT2D eigenvalue weighted by molar-refractivity contribution is 6.22. The van der Waals surface area contributed by atoms with Crippen LogP contribution < -0.4 is 0 Å². The first kappa shape index (κ1) is 19.1. The summed E-state index contributed by atoms with van der Waals surface area (Å²) in [6.45, 7) is 6.41. The van der Waals surface area contributed by atoms with Gasteiger partial charge in [0.05, 0.1) is 6.42 Å². The summed E-state index contributed by atoms with van der Waals surface area (Å²) in [4.78, 5) is 25.9. The zero-order chi connectivity index (χ0) is 20.6. The minimum Gasteiger partial charge on any atom is -0.294 e. The van der Waals surface area contributed by atoms with Crippen molar-refractivity contribution in [2.75, 3.05) is 0 Å².